The summed E-state index contributed by atoms with van der Waals surface area (Å²) >= 11 is 0. The molecule has 148 valence electrons. The maximum atomic E-state index is 11.7. The lowest BCUT2D eigenvalue weighted by Gasteiger charge is -2.18. The zero-order valence-electron chi connectivity index (χ0n) is 16.7. The number of hydrogen-bond acceptors (Lipinski definition) is 4. The lowest BCUT2D eigenvalue weighted by molar-refractivity contribution is 0.0600. The summed E-state index contributed by atoms with van der Waals surface area (Å²) < 4.78 is 6.75. The van der Waals surface area contributed by atoms with Crippen molar-refractivity contribution >= 4 is 5.97 Å². The molecule has 0 fully saturated rings. The highest BCUT2D eigenvalue weighted by Crippen LogP contribution is 2.37. The zero-order chi connectivity index (χ0) is 20.5. The number of nitrogens with zero attached hydrogens (tertiary/aromatic N) is 3. The topological polar surface area (TPSA) is 57.0 Å². The maximum absolute atomic E-state index is 11.7. The highest BCUT2D eigenvalue weighted by atomic mass is 16.5. The van der Waals surface area contributed by atoms with Gasteiger partial charge in [-0.25, -0.2) is 9.48 Å². The molecule has 0 amide bonds. The van der Waals surface area contributed by atoms with E-state index in [2.05, 4.69) is 58.8 Å². The van der Waals surface area contributed by atoms with Crippen LogP contribution in [0.1, 0.15) is 27.0 Å². The Hall–Kier alpha value is -3.73. The van der Waals surface area contributed by atoms with Gasteiger partial charge in [0.05, 0.1) is 24.9 Å². The van der Waals surface area contributed by atoms with Crippen LogP contribution in [0.15, 0.2) is 72.8 Å². The number of esters is 1. The number of aryl methyl sites for hydroxylation is 2. The van der Waals surface area contributed by atoms with Crippen LogP contribution >= 0.6 is 0 Å². The van der Waals surface area contributed by atoms with E-state index in [9.17, 15) is 4.79 Å². The van der Waals surface area contributed by atoms with Gasteiger partial charge in [-0.05, 0) is 41.7 Å². The lowest BCUT2D eigenvalue weighted by atomic mass is 9.89. The number of methoxy groups -OCH3 is 1. The molecule has 0 spiro atoms. The molecule has 4 aromatic rings. The second-order valence-corrected chi connectivity index (χ2v) is 7.45. The van der Waals surface area contributed by atoms with Crippen LogP contribution in [-0.2, 0) is 24.1 Å². The Labute approximate surface area is 174 Å². The molecule has 1 heterocycles. The van der Waals surface area contributed by atoms with Crippen LogP contribution in [0.3, 0.4) is 0 Å². The van der Waals surface area contributed by atoms with Gasteiger partial charge < -0.3 is 4.74 Å². The van der Waals surface area contributed by atoms with Crippen LogP contribution in [0.5, 0.6) is 0 Å². The van der Waals surface area contributed by atoms with E-state index in [1.165, 1.54) is 23.8 Å². The Kier molecular flexibility index (Phi) is 4.64. The molecule has 3 aromatic carbocycles. The van der Waals surface area contributed by atoms with Crippen molar-refractivity contribution in [1.82, 2.24) is 15.0 Å². The van der Waals surface area contributed by atoms with Gasteiger partial charge in [0.25, 0.3) is 0 Å². The summed E-state index contributed by atoms with van der Waals surface area (Å²) in [6, 6.07) is 24.4. The van der Waals surface area contributed by atoms with Gasteiger partial charge in [-0.3, -0.25) is 0 Å². The SMILES string of the molecule is COC(=O)c1ccc(Cn2nnc3c2-c2ccccc2CCc2ccccc2-3)cc1. The molecule has 30 heavy (non-hydrogen) atoms. The monoisotopic (exact) mass is 395 g/mol. The minimum atomic E-state index is -0.335. The van der Waals surface area contributed by atoms with Crippen molar-refractivity contribution in [2.24, 2.45) is 0 Å². The Bertz CT molecular complexity index is 1230. The number of carbonyl (C=O) groups excluding carboxylic acids is 1. The van der Waals surface area contributed by atoms with Crippen molar-refractivity contribution in [3.05, 3.63) is 95.1 Å². The normalized spacial score (nSPS) is 12.2. The molecular formula is C25H21N3O2. The molecular weight excluding hydrogens is 374 g/mol. The molecule has 0 aliphatic heterocycles. The van der Waals surface area contributed by atoms with E-state index in [4.69, 9.17) is 4.74 Å². The van der Waals surface area contributed by atoms with E-state index >= 15 is 0 Å². The van der Waals surface area contributed by atoms with Crippen molar-refractivity contribution in [3.8, 4) is 22.5 Å². The maximum Gasteiger partial charge on any atom is 0.337 e. The molecule has 5 heteroatoms. The van der Waals surface area contributed by atoms with Crippen molar-refractivity contribution in [3.63, 3.8) is 0 Å². The van der Waals surface area contributed by atoms with Gasteiger partial charge in [-0.1, -0.05) is 65.9 Å². The number of fused-ring (bicyclic) bond motifs is 5. The molecule has 0 saturated heterocycles. The number of benzene rings is 3. The molecule has 0 saturated carbocycles. The third-order valence-corrected chi connectivity index (χ3v) is 5.65. The second-order valence-electron chi connectivity index (χ2n) is 7.45. The van der Waals surface area contributed by atoms with E-state index in [0.717, 1.165) is 35.4 Å². The van der Waals surface area contributed by atoms with Crippen molar-refractivity contribution < 1.29 is 9.53 Å². The first-order chi connectivity index (χ1) is 14.7. The van der Waals surface area contributed by atoms with Gasteiger partial charge in [0.1, 0.15) is 5.69 Å². The highest BCUT2D eigenvalue weighted by Gasteiger charge is 2.23. The fraction of sp³-hybridized carbons (Fsp3) is 0.160. The van der Waals surface area contributed by atoms with Crippen LogP contribution in [0.4, 0.5) is 0 Å². The molecule has 0 bridgehead atoms. The number of hydrogen-bond donors (Lipinski definition) is 0. The summed E-state index contributed by atoms with van der Waals surface area (Å²) in [5.41, 5.74) is 8.46. The first-order valence-electron chi connectivity index (χ1n) is 10.0. The van der Waals surface area contributed by atoms with Gasteiger partial charge >= 0.3 is 5.97 Å². The molecule has 5 nitrogen and oxygen atoms in total. The summed E-state index contributed by atoms with van der Waals surface area (Å²) in [6.07, 6.45) is 1.96. The molecule has 0 N–H and O–H groups in total. The van der Waals surface area contributed by atoms with Crippen LogP contribution in [-0.4, -0.2) is 28.1 Å². The summed E-state index contributed by atoms with van der Waals surface area (Å²) in [6.45, 7) is 0.570. The molecule has 1 aliphatic carbocycles. The largest absolute Gasteiger partial charge is 0.465 e. The van der Waals surface area contributed by atoms with E-state index in [0.29, 0.717) is 12.1 Å². The Balaban J connectivity index is 1.61. The fourth-order valence-electron chi connectivity index (χ4n) is 4.12. The molecule has 5 rings (SSSR count). The van der Waals surface area contributed by atoms with E-state index < -0.39 is 0 Å². The van der Waals surface area contributed by atoms with Gasteiger partial charge in [0.2, 0.25) is 0 Å². The van der Waals surface area contributed by atoms with Gasteiger partial charge in [0.15, 0.2) is 0 Å². The zero-order valence-corrected chi connectivity index (χ0v) is 16.7. The minimum Gasteiger partial charge on any atom is -0.465 e. The van der Waals surface area contributed by atoms with E-state index in [1.54, 1.807) is 12.1 Å². The Morgan fingerprint density at radius 3 is 2.23 bits per heavy atom. The number of ether oxygens (including phenoxy) is 1. The first-order valence-corrected chi connectivity index (χ1v) is 10.0. The van der Waals surface area contributed by atoms with Crippen LogP contribution in [0.2, 0.25) is 0 Å². The summed E-state index contributed by atoms with van der Waals surface area (Å²) in [5.74, 6) is -0.335. The summed E-state index contributed by atoms with van der Waals surface area (Å²) in [7, 11) is 1.39. The molecule has 0 atom stereocenters. The lowest BCUT2D eigenvalue weighted by Crippen LogP contribution is -2.08. The average Bonchev–Trinajstić information content (AvgIpc) is 3.19. The van der Waals surface area contributed by atoms with Gasteiger partial charge in [0, 0.05) is 11.1 Å². The van der Waals surface area contributed by atoms with Gasteiger partial charge in [-0.15, -0.1) is 5.10 Å². The number of aromatic nitrogens is 3. The van der Waals surface area contributed by atoms with E-state index in [1.807, 2.05) is 16.8 Å². The molecule has 1 aliphatic rings. The predicted molar refractivity (Wildman–Crippen MR) is 115 cm³/mol. The number of carbonyl (C=O) groups is 1. The fourth-order valence-corrected chi connectivity index (χ4v) is 4.12. The Morgan fingerprint density at radius 2 is 1.53 bits per heavy atom. The molecule has 0 radical (unpaired) electrons. The quantitative estimate of drug-likeness (QED) is 0.478. The van der Waals surface area contributed by atoms with Gasteiger partial charge in [-0.2, -0.15) is 0 Å². The second kappa shape index (κ2) is 7.59. The molecule has 1 aromatic heterocycles. The van der Waals surface area contributed by atoms with Crippen molar-refractivity contribution in [2.45, 2.75) is 19.4 Å². The van der Waals surface area contributed by atoms with Crippen molar-refractivity contribution in [2.75, 3.05) is 7.11 Å². The van der Waals surface area contributed by atoms with Crippen LogP contribution in [0.25, 0.3) is 22.5 Å². The highest BCUT2D eigenvalue weighted by molar-refractivity contribution is 5.89. The molecule has 0 unspecified atom stereocenters. The summed E-state index contributed by atoms with van der Waals surface area (Å²) in [5, 5.41) is 9.12. The third kappa shape index (κ3) is 3.18. The minimum absolute atomic E-state index is 0.335. The summed E-state index contributed by atoms with van der Waals surface area (Å²) in [4.78, 5) is 11.7. The Morgan fingerprint density at radius 1 is 0.900 bits per heavy atom. The van der Waals surface area contributed by atoms with Crippen molar-refractivity contribution in [1.29, 1.82) is 0 Å². The first kappa shape index (κ1) is 18.3. The van der Waals surface area contributed by atoms with Crippen LogP contribution < -0.4 is 0 Å². The standard InChI is InChI=1S/C25H21N3O2/c1-30-25(29)20-12-10-17(11-13-20)16-28-24-22-9-5-3-7-19(22)15-14-18-6-2-4-8-21(18)23(24)26-27-28/h2-13H,14-16H2,1H3. The smallest absolute Gasteiger partial charge is 0.337 e. The number of rotatable bonds is 3. The average molecular weight is 395 g/mol. The van der Waals surface area contributed by atoms with E-state index in [-0.39, 0.29) is 5.97 Å². The van der Waals surface area contributed by atoms with Crippen LogP contribution in [0, 0.1) is 0 Å². The predicted octanol–water partition coefficient (Wildman–Crippen LogP) is 4.55. The third-order valence-electron chi connectivity index (χ3n) is 5.65.